The van der Waals surface area contributed by atoms with Crippen molar-refractivity contribution in [3.63, 3.8) is 0 Å². The summed E-state index contributed by atoms with van der Waals surface area (Å²) in [4.78, 5) is 11.1. The first-order valence-electron chi connectivity index (χ1n) is 4.94. The zero-order chi connectivity index (χ0) is 14.0. The van der Waals surface area contributed by atoms with Crippen LogP contribution in [-0.2, 0) is 0 Å². The molecule has 9 heteroatoms. The summed E-state index contributed by atoms with van der Waals surface area (Å²) in [6.45, 7) is -2.92. The molecule has 2 rings (SSSR count). The Morgan fingerprint density at radius 3 is 2.74 bits per heavy atom. The van der Waals surface area contributed by atoms with E-state index in [4.69, 9.17) is 5.73 Å². The van der Waals surface area contributed by atoms with Gasteiger partial charge in [-0.1, -0.05) is 0 Å². The lowest BCUT2D eigenvalue weighted by Gasteiger charge is -2.07. The van der Waals surface area contributed by atoms with Crippen LogP contribution in [0.15, 0.2) is 22.7 Å². The van der Waals surface area contributed by atoms with Gasteiger partial charge in [0.05, 0.1) is 4.47 Å². The number of aromatic amines is 1. The van der Waals surface area contributed by atoms with Crippen LogP contribution in [0.4, 0.5) is 8.78 Å². The van der Waals surface area contributed by atoms with E-state index in [1.807, 2.05) is 0 Å². The fraction of sp³-hybridized carbons (Fsp3) is 0.100. The molecule has 0 unspecified atom stereocenters. The van der Waals surface area contributed by atoms with Crippen molar-refractivity contribution in [3.05, 3.63) is 28.4 Å². The minimum Gasteiger partial charge on any atom is -0.434 e. The molecule has 0 spiro atoms. The van der Waals surface area contributed by atoms with E-state index in [2.05, 4.69) is 36.1 Å². The molecule has 1 aromatic carbocycles. The molecule has 0 bridgehead atoms. The zero-order valence-electron chi connectivity index (χ0n) is 9.23. The third-order valence-electron chi connectivity index (χ3n) is 2.20. The summed E-state index contributed by atoms with van der Waals surface area (Å²) in [5.74, 6) is -0.768. The average Bonchev–Trinajstić information content (AvgIpc) is 2.80. The van der Waals surface area contributed by atoms with Gasteiger partial charge in [-0.2, -0.15) is 24.2 Å². The Balaban J connectivity index is 2.39. The monoisotopic (exact) mass is 332 g/mol. The van der Waals surface area contributed by atoms with Gasteiger partial charge in [0.1, 0.15) is 11.4 Å². The highest BCUT2D eigenvalue weighted by molar-refractivity contribution is 9.10. The number of hydrogen-bond donors (Lipinski definition) is 2. The Hall–Kier alpha value is -2.03. The number of alkyl halides is 2. The topological polar surface area (TPSA) is 93.9 Å². The Morgan fingerprint density at radius 2 is 2.16 bits per heavy atom. The second kappa shape index (κ2) is 5.31. The molecular formula is C10H7BrF2N4O2. The number of carbonyl (C=O) groups is 1. The summed E-state index contributed by atoms with van der Waals surface area (Å²) in [5, 5.41) is 9.69. The third-order valence-corrected chi connectivity index (χ3v) is 2.82. The molecule has 0 atom stereocenters. The second-order valence-electron chi connectivity index (χ2n) is 3.41. The predicted molar refractivity (Wildman–Crippen MR) is 64.7 cm³/mol. The van der Waals surface area contributed by atoms with E-state index in [-0.39, 0.29) is 17.1 Å². The van der Waals surface area contributed by atoms with Crippen molar-refractivity contribution in [1.82, 2.24) is 15.4 Å². The highest BCUT2D eigenvalue weighted by atomic mass is 79.9. The number of nitrogens with one attached hydrogen (secondary N) is 1. The molecule has 0 aliphatic heterocycles. The number of nitrogens with two attached hydrogens (primary N) is 1. The lowest BCUT2D eigenvalue weighted by molar-refractivity contribution is -0.0503. The van der Waals surface area contributed by atoms with Gasteiger partial charge < -0.3 is 10.5 Å². The van der Waals surface area contributed by atoms with E-state index < -0.39 is 12.5 Å². The van der Waals surface area contributed by atoms with E-state index in [1.165, 1.54) is 18.2 Å². The third kappa shape index (κ3) is 2.87. The Morgan fingerprint density at radius 1 is 1.42 bits per heavy atom. The van der Waals surface area contributed by atoms with Gasteiger partial charge in [0.15, 0.2) is 5.69 Å². The van der Waals surface area contributed by atoms with Crippen molar-refractivity contribution < 1.29 is 18.3 Å². The number of carbonyl (C=O) groups excluding carboxylic acids is 1. The van der Waals surface area contributed by atoms with Crippen LogP contribution < -0.4 is 10.5 Å². The molecule has 0 fully saturated rings. The largest absolute Gasteiger partial charge is 0.434 e. The number of primary amides is 1. The van der Waals surface area contributed by atoms with E-state index in [1.54, 1.807) is 0 Å². The van der Waals surface area contributed by atoms with E-state index in [9.17, 15) is 13.6 Å². The van der Waals surface area contributed by atoms with E-state index in [0.717, 1.165) is 0 Å². The summed E-state index contributed by atoms with van der Waals surface area (Å²) >= 11 is 3.09. The molecule has 1 aromatic heterocycles. The first kappa shape index (κ1) is 13.4. The number of ether oxygens (including phenoxy) is 1. The molecule has 3 N–H and O–H groups in total. The van der Waals surface area contributed by atoms with Gasteiger partial charge in [0.2, 0.25) is 0 Å². The van der Waals surface area contributed by atoms with Crippen LogP contribution in [0, 0.1) is 0 Å². The summed E-state index contributed by atoms with van der Waals surface area (Å²) < 4.78 is 28.8. The Kier molecular flexibility index (Phi) is 3.74. The summed E-state index contributed by atoms with van der Waals surface area (Å²) in [5.41, 5.74) is 5.82. The molecule has 6 nitrogen and oxygen atoms in total. The SMILES string of the molecule is NC(=O)c1n[nH]nc1-c1ccc(OC(F)F)c(Br)c1. The lowest BCUT2D eigenvalue weighted by Crippen LogP contribution is -2.12. The van der Waals surface area contributed by atoms with Gasteiger partial charge in [-0.05, 0) is 34.1 Å². The molecule has 19 heavy (non-hydrogen) atoms. The quantitative estimate of drug-likeness (QED) is 0.894. The molecule has 0 radical (unpaired) electrons. The van der Waals surface area contributed by atoms with Crippen molar-refractivity contribution in [1.29, 1.82) is 0 Å². The van der Waals surface area contributed by atoms with Crippen LogP contribution in [0.1, 0.15) is 10.5 Å². The number of benzene rings is 1. The molecular weight excluding hydrogens is 326 g/mol. The predicted octanol–water partition coefficient (Wildman–Crippen LogP) is 1.93. The lowest BCUT2D eigenvalue weighted by atomic mass is 10.1. The van der Waals surface area contributed by atoms with Gasteiger partial charge in [0, 0.05) is 5.56 Å². The summed E-state index contributed by atoms with van der Waals surface area (Å²) in [6.07, 6.45) is 0. The van der Waals surface area contributed by atoms with Crippen LogP contribution in [0.5, 0.6) is 5.75 Å². The molecule has 0 aliphatic rings. The minimum absolute atomic E-state index is 0.0251. The fourth-order valence-corrected chi connectivity index (χ4v) is 1.92. The maximum Gasteiger partial charge on any atom is 0.387 e. The van der Waals surface area contributed by atoms with Crippen LogP contribution in [0.25, 0.3) is 11.3 Å². The van der Waals surface area contributed by atoms with E-state index in [0.29, 0.717) is 10.0 Å². The Bertz CT molecular complexity index is 617. The van der Waals surface area contributed by atoms with E-state index >= 15 is 0 Å². The molecule has 0 aliphatic carbocycles. The number of rotatable bonds is 4. The molecule has 1 heterocycles. The van der Waals surface area contributed by atoms with Crippen molar-refractivity contribution in [2.24, 2.45) is 5.73 Å². The number of halogens is 3. The van der Waals surface area contributed by atoms with Gasteiger partial charge in [0.25, 0.3) is 5.91 Å². The van der Waals surface area contributed by atoms with Gasteiger partial charge in [-0.25, -0.2) is 0 Å². The number of amides is 1. The number of hydrogen-bond acceptors (Lipinski definition) is 4. The summed E-state index contributed by atoms with van der Waals surface area (Å²) in [7, 11) is 0. The molecule has 100 valence electrons. The standard InChI is InChI=1S/C10H7BrF2N4O2/c11-5-3-4(1-2-6(5)19-10(12)13)7-8(9(14)18)16-17-15-7/h1-3,10H,(H2,14,18)(H,15,16,17). The summed E-state index contributed by atoms with van der Waals surface area (Å²) in [6, 6.07) is 4.26. The van der Waals surface area contributed by atoms with Crippen LogP contribution in [0.2, 0.25) is 0 Å². The van der Waals surface area contributed by atoms with Crippen LogP contribution in [-0.4, -0.2) is 27.9 Å². The molecule has 0 saturated carbocycles. The zero-order valence-corrected chi connectivity index (χ0v) is 10.8. The molecule has 1 amide bonds. The average molecular weight is 333 g/mol. The Labute approximate surface area is 114 Å². The van der Waals surface area contributed by atoms with Gasteiger partial charge in [-0.3, -0.25) is 4.79 Å². The normalized spacial score (nSPS) is 10.7. The molecule has 2 aromatic rings. The number of aromatic nitrogens is 3. The van der Waals surface area contributed by atoms with Crippen molar-refractivity contribution >= 4 is 21.8 Å². The maximum atomic E-state index is 12.1. The highest BCUT2D eigenvalue weighted by Gasteiger charge is 2.17. The molecule has 0 saturated heterocycles. The maximum absolute atomic E-state index is 12.1. The fourth-order valence-electron chi connectivity index (χ4n) is 1.44. The minimum atomic E-state index is -2.92. The van der Waals surface area contributed by atoms with Crippen LogP contribution >= 0.6 is 15.9 Å². The van der Waals surface area contributed by atoms with Crippen LogP contribution in [0.3, 0.4) is 0 Å². The van der Waals surface area contributed by atoms with Gasteiger partial charge in [-0.15, -0.1) is 0 Å². The smallest absolute Gasteiger partial charge is 0.387 e. The first-order valence-corrected chi connectivity index (χ1v) is 5.73. The van der Waals surface area contributed by atoms with Crippen molar-refractivity contribution in [2.75, 3.05) is 0 Å². The highest BCUT2D eigenvalue weighted by Crippen LogP contribution is 2.31. The second-order valence-corrected chi connectivity index (χ2v) is 4.26. The first-order chi connectivity index (χ1) is 8.99. The van der Waals surface area contributed by atoms with Gasteiger partial charge >= 0.3 is 6.61 Å². The number of nitrogens with zero attached hydrogens (tertiary/aromatic N) is 2. The number of H-pyrrole nitrogens is 1. The van der Waals surface area contributed by atoms with Crippen molar-refractivity contribution in [2.45, 2.75) is 6.61 Å². The van der Waals surface area contributed by atoms with Crippen molar-refractivity contribution in [3.8, 4) is 17.0 Å².